The molecule has 0 aliphatic carbocycles. The van der Waals surface area contributed by atoms with Crippen LogP contribution in [0.4, 0.5) is 0 Å². The molecule has 0 saturated carbocycles. The summed E-state index contributed by atoms with van der Waals surface area (Å²) in [6, 6.07) is 0. The summed E-state index contributed by atoms with van der Waals surface area (Å²) in [7, 11) is 0. The summed E-state index contributed by atoms with van der Waals surface area (Å²) in [5.41, 5.74) is 8.22. The molecule has 0 spiro atoms. The van der Waals surface area contributed by atoms with E-state index in [4.69, 9.17) is 5.21 Å². The van der Waals surface area contributed by atoms with E-state index in [-0.39, 0.29) is 0 Å². The number of hydrazine groups is 3. The van der Waals surface area contributed by atoms with Gasteiger partial charge in [-0.25, -0.2) is 10.9 Å². The molecule has 0 bridgehead atoms. The first-order valence-electron chi connectivity index (χ1n) is 4.10. The molecule has 1 rings (SSSR count). The zero-order chi connectivity index (χ0) is 7.94. The normalized spacial score (nSPS) is 24.8. The topological polar surface area (TPSA) is 59.6 Å². The van der Waals surface area contributed by atoms with Crippen LogP contribution in [-0.4, -0.2) is 23.6 Å². The number of nitrogens with one attached hydrogen (secondary N) is 3. The van der Waals surface area contributed by atoms with E-state index in [9.17, 15) is 0 Å². The summed E-state index contributed by atoms with van der Waals surface area (Å²) in [5.74, 6) is 0. The van der Waals surface area contributed by atoms with Crippen molar-refractivity contribution in [1.82, 2.24) is 21.7 Å². The molecule has 5 nitrogen and oxygen atoms in total. The van der Waals surface area contributed by atoms with Gasteiger partial charge in [-0.15, -0.1) is 0 Å². The number of hydrogen-bond acceptors (Lipinski definition) is 5. The van der Waals surface area contributed by atoms with Crippen LogP contribution >= 0.6 is 0 Å². The zero-order valence-electron chi connectivity index (χ0n) is 6.64. The SMILES string of the molecule is ON1NCCCCCCNN1. The third-order valence-electron chi connectivity index (χ3n) is 1.68. The van der Waals surface area contributed by atoms with Crippen LogP contribution in [0.15, 0.2) is 0 Å². The third-order valence-corrected chi connectivity index (χ3v) is 1.68. The van der Waals surface area contributed by atoms with Crippen molar-refractivity contribution in [2.75, 3.05) is 13.1 Å². The van der Waals surface area contributed by atoms with Crippen LogP contribution in [0, 0.1) is 0 Å². The lowest BCUT2D eigenvalue weighted by Crippen LogP contribution is -2.52. The first-order chi connectivity index (χ1) is 5.39. The predicted molar refractivity (Wildman–Crippen MR) is 41.2 cm³/mol. The van der Waals surface area contributed by atoms with Gasteiger partial charge in [0.15, 0.2) is 0 Å². The van der Waals surface area contributed by atoms with E-state index in [1.54, 1.807) is 0 Å². The van der Waals surface area contributed by atoms with Gasteiger partial charge in [-0.3, -0.25) is 5.21 Å². The summed E-state index contributed by atoms with van der Waals surface area (Å²) in [6.45, 7) is 1.70. The second-order valence-corrected chi connectivity index (χ2v) is 2.67. The highest BCUT2D eigenvalue weighted by molar-refractivity contribution is 4.48. The van der Waals surface area contributed by atoms with E-state index in [2.05, 4.69) is 16.4 Å². The maximum atomic E-state index is 8.98. The minimum absolute atomic E-state index is 0.811. The van der Waals surface area contributed by atoms with Gasteiger partial charge in [0.1, 0.15) is 0 Å². The van der Waals surface area contributed by atoms with E-state index in [0.717, 1.165) is 31.2 Å². The van der Waals surface area contributed by atoms with Crippen LogP contribution in [-0.2, 0) is 0 Å². The summed E-state index contributed by atoms with van der Waals surface area (Å²) in [6.07, 6.45) is 4.74. The lowest BCUT2D eigenvalue weighted by molar-refractivity contribution is -0.192. The molecule has 1 saturated heterocycles. The molecule has 1 fully saturated rings. The Morgan fingerprint density at radius 3 is 2.55 bits per heavy atom. The highest BCUT2D eigenvalue weighted by atomic mass is 16.6. The van der Waals surface area contributed by atoms with E-state index in [1.807, 2.05) is 0 Å². The molecule has 0 unspecified atom stereocenters. The average molecular weight is 160 g/mol. The van der Waals surface area contributed by atoms with Crippen LogP contribution in [0.5, 0.6) is 0 Å². The van der Waals surface area contributed by atoms with Gasteiger partial charge in [0, 0.05) is 13.1 Å². The summed E-state index contributed by atoms with van der Waals surface area (Å²) < 4.78 is 0. The van der Waals surface area contributed by atoms with Gasteiger partial charge >= 0.3 is 0 Å². The molecule has 0 aromatic rings. The van der Waals surface area contributed by atoms with Crippen molar-refractivity contribution in [2.45, 2.75) is 25.7 Å². The fourth-order valence-electron chi connectivity index (χ4n) is 1.05. The van der Waals surface area contributed by atoms with Crippen molar-refractivity contribution in [3.8, 4) is 0 Å². The third kappa shape index (κ3) is 4.28. The number of hydrogen-bond donors (Lipinski definition) is 4. The molecule has 0 aromatic heterocycles. The predicted octanol–water partition coefficient (Wildman–Crippen LogP) is -0.235. The molecule has 1 aliphatic rings. The first kappa shape index (κ1) is 8.89. The first-order valence-corrected chi connectivity index (χ1v) is 4.10. The van der Waals surface area contributed by atoms with Crippen LogP contribution in [0.2, 0.25) is 0 Å². The molecule has 0 amide bonds. The minimum atomic E-state index is 0.811. The Kier molecular flexibility index (Phi) is 4.41. The lowest BCUT2D eigenvalue weighted by atomic mass is 10.2. The van der Waals surface area contributed by atoms with E-state index in [1.165, 1.54) is 12.8 Å². The molecule has 11 heavy (non-hydrogen) atoms. The molecule has 0 radical (unpaired) electrons. The molecule has 1 heterocycles. The highest BCUT2D eigenvalue weighted by Crippen LogP contribution is 1.97. The van der Waals surface area contributed by atoms with Gasteiger partial charge in [0.25, 0.3) is 0 Å². The second-order valence-electron chi connectivity index (χ2n) is 2.67. The van der Waals surface area contributed by atoms with Crippen molar-refractivity contribution in [3.05, 3.63) is 0 Å². The van der Waals surface area contributed by atoms with Crippen molar-refractivity contribution in [1.29, 1.82) is 0 Å². The maximum absolute atomic E-state index is 8.98. The van der Waals surface area contributed by atoms with Gasteiger partial charge in [-0.2, -0.15) is 5.53 Å². The molecule has 0 aromatic carbocycles. The fraction of sp³-hybridized carbons (Fsp3) is 1.00. The monoisotopic (exact) mass is 160 g/mol. The minimum Gasteiger partial charge on any atom is -0.284 e. The standard InChI is InChI=1S/C6H16N4O/c11-10-8-6-4-2-1-3-5-7-9-10/h7-9,11H,1-6H2. The summed E-state index contributed by atoms with van der Waals surface area (Å²) in [4.78, 5) is 0. The van der Waals surface area contributed by atoms with Crippen LogP contribution in [0.3, 0.4) is 0 Å². The molecule has 4 N–H and O–H groups in total. The number of rotatable bonds is 0. The average Bonchev–Trinajstić information content (AvgIpc) is 2.03. The lowest BCUT2D eigenvalue weighted by Gasteiger charge is -2.18. The Labute approximate surface area is 66.6 Å². The van der Waals surface area contributed by atoms with Crippen LogP contribution < -0.4 is 16.4 Å². The van der Waals surface area contributed by atoms with Gasteiger partial charge in [0.05, 0.1) is 0 Å². The Hall–Kier alpha value is -0.200. The van der Waals surface area contributed by atoms with Crippen LogP contribution in [0.25, 0.3) is 0 Å². The van der Waals surface area contributed by atoms with Crippen molar-refractivity contribution >= 4 is 0 Å². The second kappa shape index (κ2) is 5.45. The van der Waals surface area contributed by atoms with Gasteiger partial charge in [-0.1, -0.05) is 12.8 Å². The Morgan fingerprint density at radius 1 is 1.00 bits per heavy atom. The zero-order valence-corrected chi connectivity index (χ0v) is 6.64. The fourth-order valence-corrected chi connectivity index (χ4v) is 1.05. The Bertz CT molecular complexity index is 90.6. The smallest absolute Gasteiger partial charge is 0.0139 e. The Balaban J connectivity index is 2.12. The van der Waals surface area contributed by atoms with E-state index < -0.39 is 0 Å². The van der Waals surface area contributed by atoms with E-state index in [0.29, 0.717) is 0 Å². The molecular weight excluding hydrogens is 144 g/mol. The molecular formula is C6H16N4O. The van der Waals surface area contributed by atoms with Crippen molar-refractivity contribution < 1.29 is 5.21 Å². The van der Waals surface area contributed by atoms with Crippen molar-refractivity contribution in [2.24, 2.45) is 0 Å². The quantitative estimate of drug-likeness (QED) is 0.394. The summed E-state index contributed by atoms with van der Waals surface area (Å²) in [5, 5.41) is 9.85. The van der Waals surface area contributed by atoms with Gasteiger partial charge in [0.2, 0.25) is 0 Å². The van der Waals surface area contributed by atoms with Gasteiger partial charge < -0.3 is 0 Å². The Morgan fingerprint density at radius 2 is 1.73 bits per heavy atom. The highest BCUT2D eigenvalue weighted by Gasteiger charge is 1.99. The molecule has 1 aliphatic heterocycles. The van der Waals surface area contributed by atoms with E-state index >= 15 is 0 Å². The largest absolute Gasteiger partial charge is 0.284 e. The summed E-state index contributed by atoms with van der Waals surface area (Å²) >= 11 is 0. The van der Waals surface area contributed by atoms with Gasteiger partial charge in [-0.05, 0) is 18.1 Å². The molecule has 5 heteroatoms. The molecule has 0 atom stereocenters. The maximum Gasteiger partial charge on any atom is 0.0139 e. The molecule has 66 valence electrons. The van der Waals surface area contributed by atoms with Crippen molar-refractivity contribution in [3.63, 3.8) is 0 Å². The van der Waals surface area contributed by atoms with Crippen LogP contribution in [0.1, 0.15) is 25.7 Å². The number of nitrogens with zero attached hydrogens (tertiary/aromatic N) is 1.